The lowest BCUT2D eigenvalue weighted by Crippen LogP contribution is -2.43. The van der Waals surface area contributed by atoms with E-state index in [2.05, 4.69) is 22.4 Å². The fourth-order valence-electron chi connectivity index (χ4n) is 3.88. The number of nitrogens with one attached hydrogen (secondary N) is 1. The molecule has 2 aliphatic heterocycles. The lowest BCUT2D eigenvalue weighted by atomic mass is 9.88. The molecule has 0 radical (unpaired) electrons. The third-order valence-corrected chi connectivity index (χ3v) is 5.11. The van der Waals surface area contributed by atoms with Gasteiger partial charge in [-0.05, 0) is 56.9 Å². The Kier molecular flexibility index (Phi) is 4.21. The number of amides is 1. The van der Waals surface area contributed by atoms with E-state index in [1.54, 1.807) is 0 Å². The first kappa shape index (κ1) is 13.2. The van der Waals surface area contributed by atoms with Crippen molar-refractivity contribution >= 4 is 5.91 Å². The largest absolute Gasteiger partial charge is 0.343 e. The molecule has 2 unspecified atom stereocenters. The summed E-state index contributed by atoms with van der Waals surface area (Å²) in [7, 11) is 0. The standard InChI is InChI=1S/C16H26N2O/c19-16(12-13-4-1-2-5-13)18-10-7-14(8-11-18)15-6-3-9-17-15/h1,4,13-15,17H,2-3,5-12H2. The molecule has 2 saturated heterocycles. The monoisotopic (exact) mass is 262 g/mol. The third-order valence-electron chi connectivity index (χ3n) is 5.11. The van der Waals surface area contributed by atoms with Crippen LogP contribution in [-0.2, 0) is 4.79 Å². The Bertz CT molecular complexity index is 339. The number of carbonyl (C=O) groups excluding carboxylic acids is 1. The fourth-order valence-corrected chi connectivity index (χ4v) is 3.88. The first-order valence-corrected chi connectivity index (χ1v) is 8.01. The maximum absolute atomic E-state index is 12.3. The van der Waals surface area contributed by atoms with Crippen LogP contribution in [0.2, 0.25) is 0 Å². The molecule has 19 heavy (non-hydrogen) atoms. The summed E-state index contributed by atoms with van der Waals surface area (Å²) in [6.45, 7) is 3.16. The first-order chi connectivity index (χ1) is 9.33. The molecule has 2 fully saturated rings. The lowest BCUT2D eigenvalue weighted by molar-refractivity contribution is -0.133. The van der Waals surface area contributed by atoms with Gasteiger partial charge in [0.25, 0.3) is 0 Å². The van der Waals surface area contributed by atoms with Crippen LogP contribution in [0.4, 0.5) is 0 Å². The molecule has 0 aromatic heterocycles. The van der Waals surface area contributed by atoms with Gasteiger partial charge in [-0.1, -0.05) is 12.2 Å². The summed E-state index contributed by atoms with van der Waals surface area (Å²) in [5, 5.41) is 3.62. The van der Waals surface area contributed by atoms with Crippen molar-refractivity contribution < 1.29 is 4.79 Å². The van der Waals surface area contributed by atoms with Crippen molar-refractivity contribution in [2.75, 3.05) is 19.6 Å². The number of hydrogen-bond donors (Lipinski definition) is 1. The second-order valence-electron chi connectivity index (χ2n) is 6.39. The first-order valence-electron chi connectivity index (χ1n) is 8.01. The smallest absolute Gasteiger partial charge is 0.223 e. The van der Waals surface area contributed by atoms with Crippen LogP contribution in [-0.4, -0.2) is 36.5 Å². The second kappa shape index (κ2) is 6.08. The molecule has 3 aliphatic rings. The Morgan fingerprint density at radius 1 is 1.21 bits per heavy atom. The Balaban J connectivity index is 1.43. The predicted octanol–water partition coefficient (Wildman–Crippen LogP) is 2.33. The van der Waals surface area contributed by atoms with Gasteiger partial charge in [0.15, 0.2) is 0 Å². The molecule has 0 aromatic rings. The van der Waals surface area contributed by atoms with Gasteiger partial charge in [-0.25, -0.2) is 0 Å². The van der Waals surface area contributed by atoms with Gasteiger partial charge in [-0.3, -0.25) is 4.79 Å². The Labute approximate surface area is 116 Å². The summed E-state index contributed by atoms with van der Waals surface area (Å²) in [5.74, 6) is 1.70. The van der Waals surface area contributed by atoms with Gasteiger partial charge in [0.05, 0.1) is 0 Å². The minimum atomic E-state index is 0.384. The molecule has 2 atom stereocenters. The van der Waals surface area contributed by atoms with Gasteiger partial charge >= 0.3 is 0 Å². The van der Waals surface area contributed by atoms with Gasteiger partial charge in [0, 0.05) is 25.6 Å². The van der Waals surface area contributed by atoms with Crippen LogP contribution >= 0.6 is 0 Å². The molecule has 106 valence electrons. The van der Waals surface area contributed by atoms with Crippen LogP contribution in [0.15, 0.2) is 12.2 Å². The predicted molar refractivity (Wildman–Crippen MR) is 76.8 cm³/mol. The van der Waals surface area contributed by atoms with Crippen molar-refractivity contribution in [3.05, 3.63) is 12.2 Å². The normalized spacial score (nSPS) is 32.1. The number of rotatable bonds is 3. The van der Waals surface area contributed by atoms with E-state index in [0.29, 0.717) is 11.8 Å². The number of piperidine rings is 1. The number of allylic oxidation sites excluding steroid dienone is 2. The molecular weight excluding hydrogens is 236 g/mol. The van der Waals surface area contributed by atoms with Crippen molar-refractivity contribution in [3.63, 3.8) is 0 Å². The van der Waals surface area contributed by atoms with Gasteiger partial charge in [-0.2, -0.15) is 0 Å². The molecule has 0 bridgehead atoms. The topological polar surface area (TPSA) is 32.3 Å². The lowest BCUT2D eigenvalue weighted by Gasteiger charge is -2.35. The van der Waals surface area contributed by atoms with Crippen molar-refractivity contribution in [1.29, 1.82) is 0 Å². The number of nitrogens with zero attached hydrogens (tertiary/aromatic N) is 1. The van der Waals surface area contributed by atoms with Crippen LogP contribution in [0.3, 0.4) is 0 Å². The zero-order valence-electron chi connectivity index (χ0n) is 11.8. The highest BCUT2D eigenvalue weighted by Crippen LogP contribution is 2.27. The second-order valence-corrected chi connectivity index (χ2v) is 6.39. The van der Waals surface area contributed by atoms with E-state index in [9.17, 15) is 4.79 Å². The van der Waals surface area contributed by atoms with Crippen LogP contribution in [0, 0.1) is 11.8 Å². The van der Waals surface area contributed by atoms with E-state index in [1.807, 2.05) is 0 Å². The zero-order valence-corrected chi connectivity index (χ0v) is 11.8. The average Bonchev–Trinajstić information content (AvgIpc) is 3.12. The Hall–Kier alpha value is -0.830. The maximum Gasteiger partial charge on any atom is 0.223 e. The summed E-state index contributed by atoms with van der Waals surface area (Å²) in [5.41, 5.74) is 0. The van der Waals surface area contributed by atoms with Crippen molar-refractivity contribution in [2.24, 2.45) is 11.8 Å². The summed E-state index contributed by atoms with van der Waals surface area (Å²) in [6.07, 6.45) is 12.6. The summed E-state index contributed by atoms with van der Waals surface area (Å²) >= 11 is 0. The van der Waals surface area contributed by atoms with E-state index in [4.69, 9.17) is 0 Å². The summed E-state index contributed by atoms with van der Waals surface area (Å²) < 4.78 is 0. The van der Waals surface area contributed by atoms with Gasteiger partial charge in [0.1, 0.15) is 0 Å². The molecular formula is C16H26N2O. The molecule has 0 aromatic carbocycles. The number of hydrogen-bond acceptors (Lipinski definition) is 2. The quantitative estimate of drug-likeness (QED) is 0.792. The molecule has 0 spiro atoms. The van der Waals surface area contributed by atoms with E-state index in [0.717, 1.165) is 37.9 Å². The number of likely N-dealkylation sites (tertiary alicyclic amines) is 1. The van der Waals surface area contributed by atoms with Crippen molar-refractivity contribution in [2.45, 2.75) is 51.0 Å². The molecule has 1 amide bonds. The highest BCUT2D eigenvalue weighted by atomic mass is 16.2. The van der Waals surface area contributed by atoms with E-state index in [1.165, 1.54) is 38.6 Å². The average molecular weight is 262 g/mol. The summed E-state index contributed by atoms with van der Waals surface area (Å²) in [4.78, 5) is 14.4. The minimum Gasteiger partial charge on any atom is -0.343 e. The molecule has 3 nitrogen and oxygen atoms in total. The van der Waals surface area contributed by atoms with Gasteiger partial charge in [0.2, 0.25) is 5.91 Å². The van der Waals surface area contributed by atoms with Gasteiger partial charge < -0.3 is 10.2 Å². The fraction of sp³-hybridized carbons (Fsp3) is 0.812. The van der Waals surface area contributed by atoms with Crippen LogP contribution in [0.5, 0.6) is 0 Å². The van der Waals surface area contributed by atoms with E-state index >= 15 is 0 Å². The molecule has 2 heterocycles. The highest BCUT2D eigenvalue weighted by Gasteiger charge is 2.30. The molecule has 1 N–H and O–H groups in total. The van der Waals surface area contributed by atoms with Crippen LogP contribution in [0.1, 0.15) is 44.9 Å². The van der Waals surface area contributed by atoms with Gasteiger partial charge in [-0.15, -0.1) is 0 Å². The van der Waals surface area contributed by atoms with Crippen molar-refractivity contribution in [3.8, 4) is 0 Å². The summed E-state index contributed by atoms with van der Waals surface area (Å²) in [6, 6.07) is 0.731. The Morgan fingerprint density at radius 3 is 2.68 bits per heavy atom. The van der Waals surface area contributed by atoms with Crippen LogP contribution < -0.4 is 5.32 Å². The highest BCUT2D eigenvalue weighted by molar-refractivity contribution is 5.76. The number of carbonyl (C=O) groups is 1. The minimum absolute atomic E-state index is 0.384. The zero-order chi connectivity index (χ0) is 13.1. The third kappa shape index (κ3) is 3.19. The SMILES string of the molecule is O=C(CC1C=CCC1)N1CCC(C2CCCN2)CC1. The molecule has 3 heteroatoms. The van der Waals surface area contributed by atoms with E-state index < -0.39 is 0 Å². The maximum atomic E-state index is 12.3. The van der Waals surface area contributed by atoms with Crippen LogP contribution in [0.25, 0.3) is 0 Å². The molecule has 3 rings (SSSR count). The molecule has 1 aliphatic carbocycles. The van der Waals surface area contributed by atoms with Crippen molar-refractivity contribution in [1.82, 2.24) is 10.2 Å². The van der Waals surface area contributed by atoms with E-state index in [-0.39, 0.29) is 0 Å². The Morgan fingerprint density at radius 2 is 2.05 bits per heavy atom. The molecule has 0 saturated carbocycles.